The number of para-hydroxylation sites is 1. The molecular weight excluding hydrogens is 256 g/mol. The Morgan fingerprint density at radius 2 is 2.39 bits per heavy atom. The molecule has 0 radical (unpaired) electrons. The molecule has 0 bridgehead atoms. The van der Waals surface area contributed by atoms with Gasteiger partial charge in [-0.25, -0.2) is 0 Å². The van der Waals surface area contributed by atoms with Gasteiger partial charge >= 0.3 is 5.69 Å². The van der Waals surface area contributed by atoms with Crippen LogP contribution in [0.2, 0.25) is 5.02 Å². The van der Waals surface area contributed by atoms with E-state index < -0.39 is 4.92 Å². The zero-order valence-electron chi connectivity index (χ0n) is 10.1. The molecule has 2 atom stereocenters. The molecule has 1 heterocycles. The van der Waals surface area contributed by atoms with E-state index in [1.807, 2.05) is 6.92 Å². The van der Waals surface area contributed by atoms with Crippen LogP contribution in [0, 0.1) is 16.0 Å². The Morgan fingerprint density at radius 1 is 1.61 bits per heavy atom. The van der Waals surface area contributed by atoms with Gasteiger partial charge in [0.05, 0.1) is 11.5 Å². The van der Waals surface area contributed by atoms with Crippen LogP contribution in [0.15, 0.2) is 18.2 Å². The van der Waals surface area contributed by atoms with Crippen molar-refractivity contribution in [2.24, 2.45) is 5.92 Å². The minimum Gasteiger partial charge on any atom is -0.381 e. The average Bonchev–Trinajstić information content (AvgIpc) is 2.81. The summed E-state index contributed by atoms with van der Waals surface area (Å²) in [5.41, 5.74) is 0.400. The molecule has 2 rings (SSSR count). The first kappa shape index (κ1) is 13.1. The fourth-order valence-electron chi connectivity index (χ4n) is 2.13. The number of benzene rings is 1. The first-order chi connectivity index (χ1) is 8.59. The molecule has 0 aromatic heterocycles. The topological polar surface area (TPSA) is 64.4 Å². The molecule has 18 heavy (non-hydrogen) atoms. The molecule has 2 unspecified atom stereocenters. The third kappa shape index (κ3) is 2.73. The highest BCUT2D eigenvalue weighted by Crippen LogP contribution is 2.33. The third-order valence-corrected chi connectivity index (χ3v) is 3.53. The van der Waals surface area contributed by atoms with Gasteiger partial charge in [0.15, 0.2) is 0 Å². The van der Waals surface area contributed by atoms with Crippen LogP contribution in [0.25, 0.3) is 0 Å². The molecule has 1 aromatic rings. The normalized spacial score (nSPS) is 20.7. The van der Waals surface area contributed by atoms with E-state index in [1.54, 1.807) is 12.1 Å². The maximum atomic E-state index is 11.0. The van der Waals surface area contributed by atoms with Gasteiger partial charge in [-0.05, 0) is 25.5 Å². The summed E-state index contributed by atoms with van der Waals surface area (Å²) in [5, 5.41) is 14.3. The van der Waals surface area contributed by atoms with E-state index in [2.05, 4.69) is 5.32 Å². The lowest BCUT2D eigenvalue weighted by Gasteiger charge is -2.20. The highest BCUT2D eigenvalue weighted by Gasteiger charge is 2.25. The van der Waals surface area contributed by atoms with Gasteiger partial charge in [-0.1, -0.05) is 17.7 Å². The number of rotatable bonds is 4. The molecule has 1 fully saturated rings. The van der Waals surface area contributed by atoms with Crippen molar-refractivity contribution in [3.8, 4) is 0 Å². The zero-order chi connectivity index (χ0) is 13.1. The summed E-state index contributed by atoms with van der Waals surface area (Å²) < 4.78 is 5.32. The van der Waals surface area contributed by atoms with Crippen LogP contribution in [0.3, 0.4) is 0 Å². The molecule has 0 amide bonds. The largest absolute Gasteiger partial charge is 0.381 e. The first-order valence-electron chi connectivity index (χ1n) is 5.86. The Kier molecular flexibility index (Phi) is 4.04. The quantitative estimate of drug-likeness (QED) is 0.674. The number of hydrogen-bond donors (Lipinski definition) is 1. The first-order valence-corrected chi connectivity index (χ1v) is 6.24. The number of ether oxygens (including phenoxy) is 1. The van der Waals surface area contributed by atoms with Crippen molar-refractivity contribution in [3.63, 3.8) is 0 Å². The number of anilines is 1. The van der Waals surface area contributed by atoms with Crippen LogP contribution in [0.1, 0.15) is 13.3 Å². The molecule has 0 saturated carbocycles. The molecule has 1 saturated heterocycles. The van der Waals surface area contributed by atoms with Gasteiger partial charge in [-0.2, -0.15) is 0 Å². The number of nitrogens with one attached hydrogen (secondary N) is 1. The smallest absolute Gasteiger partial charge is 0.310 e. The van der Waals surface area contributed by atoms with Crippen molar-refractivity contribution in [3.05, 3.63) is 33.3 Å². The number of nitro groups is 1. The Labute approximate surface area is 110 Å². The van der Waals surface area contributed by atoms with Gasteiger partial charge in [-0.3, -0.25) is 10.1 Å². The molecular formula is C12H15ClN2O3. The Morgan fingerprint density at radius 3 is 3.00 bits per heavy atom. The predicted octanol–water partition coefficient (Wildman–Crippen LogP) is 3.09. The van der Waals surface area contributed by atoms with Crippen LogP contribution in [-0.4, -0.2) is 24.2 Å². The van der Waals surface area contributed by atoms with E-state index in [0.717, 1.165) is 13.0 Å². The molecule has 1 aliphatic rings. The van der Waals surface area contributed by atoms with Gasteiger partial charge < -0.3 is 10.1 Å². The summed E-state index contributed by atoms with van der Waals surface area (Å²) in [5.74, 6) is 0.378. The lowest BCUT2D eigenvalue weighted by molar-refractivity contribution is -0.383. The summed E-state index contributed by atoms with van der Waals surface area (Å²) in [6.45, 7) is 3.46. The van der Waals surface area contributed by atoms with Crippen LogP contribution < -0.4 is 5.32 Å². The zero-order valence-corrected chi connectivity index (χ0v) is 10.8. The molecule has 6 heteroatoms. The predicted molar refractivity (Wildman–Crippen MR) is 70.1 cm³/mol. The van der Waals surface area contributed by atoms with E-state index >= 15 is 0 Å². The SMILES string of the molecule is CC(Nc1cccc(Cl)c1[N+](=O)[O-])C1CCOC1. The second kappa shape index (κ2) is 5.54. The molecule has 5 nitrogen and oxygen atoms in total. The van der Waals surface area contributed by atoms with Gasteiger partial charge in [-0.15, -0.1) is 0 Å². The summed E-state index contributed by atoms with van der Waals surface area (Å²) in [6, 6.07) is 5.02. The van der Waals surface area contributed by atoms with Crippen molar-refractivity contribution < 1.29 is 9.66 Å². The lowest BCUT2D eigenvalue weighted by atomic mass is 10.0. The van der Waals surface area contributed by atoms with Crippen molar-refractivity contribution in [1.29, 1.82) is 0 Å². The number of nitrogens with zero attached hydrogens (tertiary/aromatic N) is 1. The summed E-state index contributed by atoms with van der Waals surface area (Å²) >= 11 is 5.86. The number of halogens is 1. The lowest BCUT2D eigenvalue weighted by Crippen LogP contribution is -2.26. The van der Waals surface area contributed by atoms with Crippen molar-refractivity contribution in [2.75, 3.05) is 18.5 Å². The standard InChI is InChI=1S/C12H15ClN2O3/c1-8(9-5-6-18-7-9)14-11-4-2-3-10(13)12(11)15(16)17/h2-4,8-9,14H,5-7H2,1H3. The van der Waals surface area contributed by atoms with Gasteiger partial charge in [0.25, 0.3) is 0 Å². The molecule has 0 aliphatic carbocycles. The summed E-state index contributed by atoms with van der Waals surface area (Å²) in [6.07, 6.45) is 0.975. The van der Waals surface area contributed by atoms with E-state index in [9.17, 15) is 10.1 Å². The fraction of sp³-hybridized carbons (Fsp3) is 0.500. The summed E-state index contributed by atoms with van der Waals surface area (Å²) in [7, 11) is 0. The van der Waals surface area contributed by atoms with Crippen molar-refractivity contribution in [1.82, 2.24) is 0 Å². The van der Waals surface area contributed by atoms with E-state index in [1.165, 1.54) is 6.07 Å². The van der Waals surface area contributed by atoms with Gasteiger partial charge in [0.2, 0.25) is 0 Å². The Hall–Kier alpha value is -1.33. The number of nitro benzene ring substituents is 1. The molecule has 0 spiro atoms. The van der Waals surface area contributed by atoms with Crippen molar-refractivity contribution in [2.45, 2.75) is 19.4 Å². The highest BCUT2D eigenvalue weighted by molar-refractivity contribution is 6.33. The maximum Gasteiger partial charge on any atom is 0.310 e. The van der Waals surface area contributed by atoms with E-state index in [-0.39, 0.29) is 16.8 Å². The van der Waals surface area contributed by atoms with E-state index in [4.69, 9.17) is 16.3 Å². The van der Waals surface area contributed by atoms with Gasteiger partial charge in [0.1, 0.15) is 10.7 Å². The molecule has 1 N–H and O–H groups in total. The second-order valence-corrected chi connectivity index (χ2v) is 4.86. The average molecular weight is 271 g/mol. The van der Waals surface area contributed by atoms with Crippen LogP contribution in [-0.2, 0) is 4.74 Å². The molecule has 1 aromatic carbocycles. The minimum atomic E-state index is -0.456. The summed E-state index contributed by atoms with van der Waals surface area (Å²) in [4.78, 5) is 10.5. The second-order valence-electron chi connectivity index (χ2n) is 4.45. The highest BCUT2D eigenvalue weighted by atomic mass is 35.5. The van der Waals surface area contributed by atoms with Crippen LogP contribution in [0.5, 0.6) is 0 Å². The van der Waals surface area contributed by atoms with Crippen LogP contribution >= 0.6 is 11.6 Å². The molecule has 98 valence electrons. The van der Waals surface area contributed by atoms with E-state index in [0.29, 0.717) is 18.2 Å². The minimum absolute atomic E-state index is 0.0649. The number of hydrogen-bond acceptors (Lipinski definition) is 4. The van der Waals surface area contributed by atoms with Crippen molar-refractivity contribution >= 4 is 23.0 Å². The Balaban J connectivity index is 2.17. The fourth-order valence-corrected chi connectivity index (χ4v) is 2.37. The monoisotopic (exact) mass is 270 g/mol. The Bertz CT molecular complexity index is 447. The van der Waals surface area contributed by atoms with Crippen LogP contribution in [0.4, 0.5) is 11.4 Å². The van der Waals surface area contributed by atoms with Gasteiger partial charge in [0, 0.05) is 18.6 Å². The maximum absolute atomic E-state index is 11.0. The molecule has 1 aliphatic heterocycles. The third-order valence-electron chi connectivity index (χ3n) is 3.22.